The predicted molar refractivity (Wildman–Crippen MR) is 135 cm³/mol. The lowest BCUT2D eigenvalue weighted by atomic mass is 9.80. The van der Waals surface area contributed by atoms with E-state index in [-0.39, 0.29) is 30.5 Å². The number of aromatic nitrogens is 1. The van der Waals surface area contributed by atoms with E-state index in [0.717, 1.165) is 29.8 Å². The minimum absolute atomic E-state index is 0.0252. The summed E-state index contributed by atoms with van der Waals surface area (Å²) in [6.07, 6.45) is 1.62. The van der Waals surface area contributed by atoms with Gasteiger partial charge in [-0.25, -0.2) is 4.79 Å². The maximum atomic E-state index is 13.0. The molecule has 5 rings (SSSR count). The summed E-state index contributed by atoms with van der Waals surface area (Å²) >= 11 is 0. The van der Waals surface area contributed by atoms with Crippen LogP contribution in [0.1, 0.15) is 43.9 Å². The standard InChI is InChI=1S/C27H34N4O5/c1-17-23(29-27(33)36-16-19-7-5-4-6-8-19)21-15-22(30-11-13-35-14-12-30)28-26(34-3)25(21)31(18(2)32)24(17)20-9-10-20/h4-8,15,17,20,23-24H,9-14,16H2,1-3H3,(H,29,33)/t17-,23-,24-/m1/s1. The van der Waals surface area contributed by atoms with Gasteiger partial charge in [-0.15, -0.1) is 0 Å². The zero-order valence-corrected chi connectivity index (χ0v) is 21.1. The van der Waals surface area contributed by atoms with Crippen molar-refractivity contribution < 1.29 is 23.8 Å². The smallest absolute Gasteiger partial charge is 0.407 e. The Morgan fingerprint density at radius 3 is 2.53 bits per heavy atom. The van der Waals surface area contributed by atoms with E-state index in [1.54, 1.807) is 14.0 Å². The molecule has 3 atom stereocenters. The minimum Gasteiger partial charge on any atom is -0.479 e. The van der Waals surface area contributed by atoms with Crippen molar-refractivity contribution in [3.63, 3.8) is 0 Å². The molecule has 2 fully saturated rings. The minimum atomic E-state index is -0.490. The molecular weight excluding hydrogens is 460 g/mol. The number of hydrogen-bond donors (Lipinski definition) is 1. The number of pyridine rings is 1. The van der Waals surface area contributed by atoms with E-state index >= 15 is 0 Å². The molecule has 2 aromatic rings. The second kappa shape index (κ2) is 10.3. The van der Waals surface area contributed by atoms with Crippen LogP contribution in [-0.2, 0) is 20.9 Å². The van der Waals surface area contributed by atoms with E-state index in [2.05, 4.69) is 17.1 Å². The van der Waals surface area contributed by atoms with Crippen molar-refractivity contribution in [2.24, 2.45) is 11.8 Å². The zero-order chi connectivity index (χ0) is 25.2. The second-order valence-electron chi connectivity index (χ2n) is 9.79. The Balaban J connectivity index is 1.51. The molecule has 2 amide bonds. The Morgan fingerprint density at radius 2 is 1.89 bits per heavy atom. The maximum Gasteiger partial charge on any atom is 0.407 e. The largest absolute Gasteiger partial charge is 0.479 e. The Labute approximate surface area is 211 Å². The number of ether oxygens (including phenoxy) is 3. The molecule has 0 unspecified atom stereocenters. The summed E-state index contributed by atoms with van der Waals surface area (Å²) < 4.78 is 16.9. The van der Waals surface area contributed by atoms with Crippen LogP contribution in [0.4, 0.5) is 16.3 Å². The molecule has 1 aliphatic carbocycles. The number of morpholine rings is 1. The third-order valence-corrected chi connectivity index (χ3v) is 7.37. The highest BCUT2D eigenvalue weighted by atomic mass is 16.5. The van der Waals surface area contributed by atoms with Gasteiger partial charge in [0.25, 0.3) is 0 Å². The average molecular weight is 495 g/mol. The van der Waals surface area contributed by atoms with Crippen molar-refractivity contribution in [2.75, 3.05) is 43.2 Å². The first-order chi connectivity index (χ1) is 17.5. The first-order valence-electron chi connectivity index (χ1n) is 12.7. The van der Waals surface area contributed by atoms with Crippen molar-refractivity contribution in [2.45, 2.75) is 45.4 Å². The van der Waals surface area contributed by atoms with E-state index in [0.29, 0.717) is 43.8 Å². The highest BCUT2D eigenvalue weighted by Crippen LogP contribution is 2.52. The van der Waals surface area contributed by atoms with Gasteiger partial charge in [0.1, 0.15) is 18.1 Å². The lowest BCUT2D eigenvalue weighted by molar-refractivity contribution is -0.117. The van der Waals surface area contributed by atoms with Gasteiger partial charge in [0.15, 0.2) is 0 Å². The number of fused-ring (bicyclic) bond motifs is 1. The van der Waals surface area contributed by atoms with Crippen molar-refractivity contribution >= 4 is 23.5 Å². The van der Waals surface area contributed by atoms with Crippen molar-refractivity contribution in [3.05, 3.63) is 47.5 Å². The van der Waals surface area contributed by atoms with Crippen molar-refractivity contribution in [1.29, 1.82) is 0 Å². The molecule has 2 aliphatic heterocycles. The molecule has 0 spiro atoms. The van der Waals surface area contributed by atoms with E-state index in [1.807, 2.05) is 41.3 Å². The Hall–Kier alpha value is -3.33. The van der Waals surface area contributed by atoms with E-state index in [1.165, 1.54) is 0 Å². The molecule has 9 heteroatoms. The SMILES string of the molecule is COc1nc(N2CCOCC2)cc2c1N(C(C)=O)[C@@H](C1CC1)[C@H](C)[C@H]2NC(=O)OCc1ccccc1. The van der Waals surface area contributed by atoms with Gasteiger partial charge < -0.3 is 29.3 Å². The lowest BCUT2D eigenvalue weighted by Crippen LogP contribution is -2.53. The predicted octanol–water partition coefficient (Wildman–Crippen LogP) is 3.68. The summed E-state index contributed by atoms with van der Waals surface area (Å²) in [5.74, 6) is 1.45. The third kappa shape index (κ3) is 4.84. The molecule has 1 saturated heterocycles. The molecule has 1 saturated carbocycles. The van der Waals surface area contributed by atoms with Crippen LogP contribution in [0, 0.1) is 11.8 Å². The van der Waals surface area contributed by atoms with Crippen LogP contribution >= 0.6 is 0 Å². The molecule has 0 radical (unpaired) electrons. The number of rotatable bonds is 6. The number of nitrogens with zero attached hydrogens (tertiary/aromatic N) is 3. The maximum absolute atomic E-state index is 13.0. The van der Waals surface area contributed by atoms with Gasteiger partial charge in [-0.05, 0) is 30.4 Å². The Bertz CT molecular complexity index is 1100. The number of hydrogen-bond acceptors (Lipinski definition) is 7. The normalized spacial score (nSPS) is 23.6. The number of carbonyl (C=O) groups is 2. The lowest BCUT2D eigenvalue weighted by Gasteiger charge is -2.46. The van der Waals surface area contributed by atoms with Crippen LogP contribution in [0.25, 0.3) is 0 Å². The van der Waals surface area contributed by atoms with Gasteiger partial charge in [-0.3, -0.25) is 4.79 Å². The number of alkyl carbamates (subject to hydrolysis) is 1. The topological polar surface area (TPSA) is 93.2 Å². The van der Waals surface area contributed by atoms with Gasteiger partial charge in [0.05, 0.1) is 26.4 Å². The quantitative estimate of drug-likeness (QED) is 0.655. The van der Waals surface area contributed by atoms with Crippen LogP contribution in [0.3, 0.4) is 0 Å². The van der Waals surface area contributed by atoms with Gasteiger partial charge in [0, 0.05) is 37.5 Å². The first-order valence-corrected chi connectivity index (χ1v) is 12.7. The van der Waals surface area contributed by atoms with Crippen LogP contribution in [0.5, 0.6) is 5.88 Å². The monoisotopic (exact) mass is 494 g/mol. The van der Waals surface area contributed by atoms with E-state index in [4.69, 9.17) is 19.2 Å². The highest BCUT2D eigenvalue weighted by molar-refractivity contribution is 5.96. The molecule has 1 N–H and O–H groups in total. The summed E-state index contributed by atoms with van der Waals surface area (Å²) in [7, 11) is 1.57. The summed E-state index contributed by atoms with van der Waals surface area (Å²) in [6, 6.07) is 11.2. The summed E-state index contributed by atoms with van der Waals surface area (Å²) in [4.78, 5) is 34.8. The molecule has 36 heavy (non-hydrogen) atoms. The first kappa shape index (κ1) is 24.4. The number of nitrogens with one attached hydrogen (secondary N) is 1. The van der Waals surface area contributed by atoms with E-state index in [9.17, 15) is 9.59 Å². The fourth-order valence-corrected chi connectivity index (χ4v) is 5.51. The Kier molecular flexibility index (Phi) is 7.00. The molecule has 1 aromatic carbocycles. The molecule has 192 valence electrons. The number of amides is 2. The molecule has 1 aromatic heterocycles. The number of methoxy groups -OCH3 is 1. The average Bonchev–Trinajstić information content (AvgIpc) is 3.74. The van der Waals surface area contributed by atoms with Crippen LogP contribution < -0.4 is 19.9 Å². The third-order valence-electron chi connectivity index (χ3n) is 7.37. The van der Waals surface area contributed by atoms with Crippen LogP contribution in [0.15, 0.2) is 36.4 Å². The van der Waals surface area contributed by atoms with Gasteiger partial charge >= 0.3 is 6.09 Å². The van der Waals surface area contributed by atoms with Crippen LogP contribution in [0.2, 0.25) is 0 Å². The van der Waals surface area contributed by atoms with Crippen molar-refractivity contribution in [3.8, 4) is 5.88 Å². The van der Waals surface area contributed by atoms with E-state index < -0.39 is 6.09 Å². The number of benzene rings is 1. The zero-order valence-electron chi connectivity index (χ0n) is 21.1. The second-order valence-corrected chi connectivity index (χ2v) is 9.79. The molecule has 9 nitrogen and oxygen atoms in total. The number of anilines is 2. The molecule has 3 heterocycles. The van der Waals surface area contributed by atoms with Gasteiger partial charge in [-0.2, -0.15) is 4.98 Å². The highest BCUT2D eigenvalue weighted by Gasteiger charge is 2.49. The fraction of sp³-hybridized carbons (Fsp3) is 0.519. The fourth-order valence-electron chi connectivity index (χ4n) is 5.51. The molecule has 3 aliphatic rings. The summed E-state index contributed by atoms with van der Waals surface area (Å²) in [5, 5.41) is 3.12. The van der Waals surface area contributed by atoms with Gasteiger partial charge in [0.2, 0.25) is 11.8 Å². The summed E-state index contributed by atoms with van der Waals surface area (Å²) in [5.41, 5.74) is 2.38. The van der Waals surface area contributed by atoms with Gasteiger partial charge in [-0.1, -0.05) is 37.3 Å². The van der Waals surface area contributed by atoms with Crippen LogP contribution in [-0.4, -0.2) is 56.4 Å². The number of carbonyl (C=O) groups excluding carboxylic acids is 2. The molecular formula is C27H34N4O5. The molecule has 0 bridgehead atoms. The summed E-state index contributed by atoms with van der Waals surface area (Å²) in [6.45, 7) is 6.54. The Morgan fingerprint density at radius 1 is 1.17 bits per heavy atom. The van der Waals surface area contributed by atoms with Crippen molar-refractivity contribution in [1.82, 2.24) is 10.3 Å².